The number of hydrogen-bond donors (Lipinski definition) is 3. The van der Waals surface area contributed by atoms with Gasteiger partial charge in [-0.05, 0) is 42.8 Å². The summed E-state index contributed by atoms with van der Waals surface area (Å²) in [4.78, 5) is 30.7. The summed E-state index contributed by atoms with van der Waals surface area (Å²) in [5, 5.41) is 5.15. The lowest BCUT2D eigenvalue weighted by Crippen LogP contribution is -2.43. The van der Waals surface area contributed by atoms with Crippen molar-refractivity contribution in [1.82, 2.24) is 15.6 Å². The van der Waals surface area contributed by atoms with Crippen LogP contribution in [0.3, 0.4) is 0 Å². The van der Waals surface area contributed by atoms with Crippen LogP contribution in [0.25, 0.3) is 11.1 Å². The molecule has 2 heterocycles. The molecule has 1 aromatic heterocycles. The van der Waals surface area contributed by atoms with Gasteiger partial charge >= 0.3 is 6.18 Å². The highest BCUT2D eigenvalue weighted by Gasteiger charge is 2.31. The first-order valence-corrected chi connectivity index (χ1v) is 9.83. The maximum atomic E-state index is 12.9. The summed E-state index contributed by atoms with van der Waals surface area (Å²) in [6.45, 7) is 0.918. The Labute approximate surface area is 180 Å². The summed E-state index contributed by atoms with van der Waals surface area (Å²) in [7, 11) is 0. The number of oxazole rings is 1. The average Bonchev–Trinajstić information content (AvgIpc) is 3.40. The molecular formula is C21H20F3N5O3. The van der Waals surface area contributed by atoms with Gasteiger partial charge in [-0.2, -0.15) is 13.2 Å². The molecule has 8 nitrogen and oxygen atoms in total. The number of benzene rings is 2. The number of rotatable bonds is 5. The molecule has 32 heavy (non-hydrogen) atoms. The van der Waals surface area contributed by atoms with E-state index < -0.39 is 23.6 Å². The van der Waals surface area contributed by atoms with Crippen molar-refractivity contribution in [2.45, 2.75) is 18.6 Å². The molecule has 1 saturated heterocycles. The maximum Gasteiger partial charge on any atom is 0.416 e. The fourth-order valence-electron chi connectivity index (χ4n) is 3.62. The van der Waals surface area contributed by atoms with Crippen LogP contribution in [0.4, 0.5) is 24.5 Å². The van der Waals surface area contributed by atoms with Gasteiger partial charge in [0, 0.05) is 30.5 Å². The smallest absolute Gasteiger partial charge is 0.416 e. The van der Waals surface area contributed by atoms with Crippen LogP contribution >= 0.6 is 0 Å². The van der Waals surface area contributed by atoms with E-state index in [9.17, 15) is 22.8 Å². The Balaban J connectivity index is 1.30. The van der Waals surface area contributed by atoms with Crippen LogP contribution in [0.5, 0.6) is 0 Å². The highest BCUT2D eigenvalue weighted by molar-refractivity contribution is 6.00. The van der Waals surface area contributed by atoms with Crippen molar-refractivity contribution in [1.29, 1.82) is 0 Å². The Morgan fingerprint density at radius 1 is 1.22 bits per heavy atom. The molecule has 4 rings (SSSR count). The van der Waals surface area contributed by atoms with Crippen LogP contribution in [-0.2, 0) is 11.0 Å². The summed E-state index contributed by atoms with van der Waals surface area (Å²) in [5.74, 6) is -1.29. The predicted molar refractivity (Wildman–Crippen MR) is 111 cm³/mol. The number of nitrogens with one attached hydrogen (secondary N) is 2. The number of carbonyl (C=O) groups excluding carboxylic acids is 2. The molecule has 1 fully saturated rings. The first-order chi connectivity index (χ1) is 15.2. The zero-order valence-corrected chi connectivity index (χ0v) is 16.8. The van der Waals surface area contributed by atoms with Crippen molar-refractivity contribution in [2.24, 2.45) is 0 Å². The third-order valence-corrected chi connectivity index (χ3v) is 5.27. The van der Waals surface area contributed by atoms with E-state index in [1.165, 1.54) is 6.39 Å². The van der Waals surface area contributed by atoms with Gasteiger partial charge in [0.05, 0.1) is 17.7 Å². The van der Waals surface area contributed by atoms with Crippen LogP contribution in [0.15, 0.2) is 47.2 Å². The Hall–Kier alpha value is -3.76. The largest absolute Gasteiger partial charge is 0.443 e. The zero-order valence-electron chi connectivity index (χ0n) is 16.8. The lowest BCUT2D eigenvalue weighted by molar-refractivity contribution is -0.137. The summed E-state index contributed by atoms with van der Waals surface area (Å²) in [6, 6.07) is 8.00. The van der Waals surface area contributed by atoms with E-state index >= 15 is 0 Å². The number of nitrogen functional groups attached to an aromatic ring is 1. The lowest BCUT2D eigenvalue weighted by atomic mass is 10.1. The van der Waals surface area contributed by atoms with E-state index in [2.05, 4.69) is 20.5 Å². The highest BCUT2D eigenvalue weighted by Crippen LogP contribution is 2.31. The molecule has 1 aliphatic rings. The van der Waals surface area contributed by atoms with Crippen molar-refractivity contribution < 1.29 is 27.2 Å². The minimum absolute atomic E-state index is 0.105. The van der Waals surface area contributed by atoms with Gasteiger partial charge in [-0.1, -0.05) is 0 Å². The lowest BCUT2D eigenvalue weighted by Gasteiger charge is -2.19. The number of carbonyl (C=O) groups is 2. The number of aromatic nitrogens is 1. The number of halogens is 3. The number of nitrogens with zero attached hydrogens (tertiary/aromatic N) is 2. The number of anilines is 2. The molecule has 2 aromatic carbocycles. The van der Waals surface area contributed by atoms with Crippen LogP contribution in [0, 0.1) is 0 Å². The Kier molecular flexibility index (Phi) is 5.64. The van der Waals surface area contributed by atoms with Gasteiger partial charge in [0.2, 0.25) is 5.91 Å². The third-order valence-electron chi connectivity index (χ3n) is 5.27. The first kappa shape index (κ1) is 21.5. The molecule has 11 heteroatoms. The predicted octanol–water partition coefficient (Wildman–Crippen LogP) is 2.55. The average molecular weight is 447 g/mol. The Morgan fingerprint density at radius 3 is 2.81 bits per heavy atom. The summed E-state index contributed by atoms with van der Waals surface area (Å²) in [5.41, 5.74) is 6.59. The van der Waals surface area contributed by atoms with E-state index in [0.29, 0.717) is 24.6 Å². The van der Waals surface area contributed by atoms with Gasteiger partial charge in [-0.15, -0.1) is 0 Å². The minimum atomic E-state index is -4.60. The molecule has 0 spiro atoms. The van der Waals surface area contributed by atoms with Crippen LogP contribution in [-0.4, -0.2) is 42.5 Å². The van der Waals surface area contributed by atoms with E-state index in [1.54, 1.807) is 0 Å². The number of nitrogens with two attached hydrogens (primary N) is 1. The fraction of sp³-hybridized carbons (Fsp3) is 0.286. The maximum absolute atomic E-state index is 12.9. The SMILES string of the molecule is Nc1ccc(C(F)(F)F)cc1C(=O)NCC(=O)N[C@@H]1CCN(c2ccc3ocnc3c2)C1. The molecule has 168 valence electrons. The second-order valence-corrected chi connectivity index (χ2v) is 7.49. The molecule has 4 N–H and O–H groups in total. The first-order valence-electron chi connectivity index (χ1n) is 9.83. The zero-order chi connectivity index (χ0) is 22.9. The van der Waals surface area contributed by atoms with Crippen molar-refractivity contribution in [3.05, 3.63) is 53.9 Å². The molecule has 0 saturated carbocycles. The van der Waals surface area contributed by atoms with Crippen LogP contribution in [0.2, 0.25) is 0 Å². The van der Waals surface area contributed by atoms with Gasteiger partial charge in [0.15, 0.2) is 12.0 Å². The second-order valence-electron chi connectivity index (χ2n) is 7.49. The summed E-state index contributed by atoms with van der Waals surface area (Å²) in [6.07, 6.45) is -2.52. The van der Waals surface area contributed by atoms with E-state index in [1.807, 2.05) is 18.2 Å². The normalized spacial score (nSPS) is 16.3. The Morgan fingerprint density at radius 2 is 2.03 bits per heavy atom. The molecule has 0 aliphatic carbocycles. The van der Waals surface area contributed by atoms with Crippen molar-refractivity contribution in [3.63, 3.8) is 0 Å². The highest BCUT2D eigenvalue weighted by atomic mass is 19.4. The second kappa shape index (κ2) is 8.40. The molecule has 3 aromatic rings. The van der Waals surface area contributed by atoms with Crippen molar-refractivity contribution in [3.8, 4) is 0 Å². The van der Waals surface area contributed by atoms with Gasteiger partial charge in [0.1, 0.15) is 5.52 Å². The van der Waals surface area contributed by atoms with Gasteiger partial charge in [-0.3, -0.25) is 9.59 Å². The molecule has 1 atom stereocenters. The van der Waals surface area contributed by atoms with Crippen molar-refractivity contribution >= 4 is 34.3 Å². The van der Waals surface area contributed by atoms with E-state index in [-0.39, 0.29) is 23.8 Å². The monoisotopic (exact) mass is 447 g/mol. The summed E-state index contributed by atoms with van der Waals surface area (Å²) < 4.78 is 43.8. The number of fused-ring (bicyclic) bond motifs is 1. The topological polar surface area (TPSA) is 113 Å². The third kappa shape index (κ3) is 4.61. The molecule has 2 amide bonds. The molecule has 0 radical (unpaired) electrons. The van der Waals surface area contributed by atoms with Gasteiger partial charge in [-0.25, -0.2) is 4.98 Å². The number of alkyl halides is 3. The molecule has 1 aliphatic heterocycles. The molecule has 0 bridgehead atoms. The Bertz CT molecular complexity index is 1160. The van der Waals surface area contributed by atoms with Gasteiger partial charge in [0.25, 0.3) is 5.91 Å². The quantitative estimate of drug-likeness (QED) is 0.518. The van der Waals surface area contributed by atoms with E-state index in [4.69, 9.17) is 10.2 Å². The van der Waals surface area contributed by atoms with E-state index in [0.717, 1.165) is 29.9 Å². The summed E-state index contributed by atoms with van der Waals surface area (Å²) >= 11 is 0. The molecule has 0 unspecified atom stereocenters. The standard InChI is InChI=1S/C21H20F3N5O3/c22-21(23,24)12-1-3-16(25)15(7-12)20(31)26-9-19(30)28-13-5-6-29(10-13)14-2-4-18-17(8-14)27-11-32-18/h1-4,7-8,11,13H,5-6,9-10,25H2,(H,26,31)(H,28,30)/t13-/m1/s1. The molecular weight excluding hydrogens is 427 g/mol. The number of amides is 2. The minimum Gasteiger partial charge on any atom is -0.443 e. The van der Waals surface area contributed by atoms with Gasteiger partial charge < -0.3 is 25.7 Å². The fourth-order valence-corrected chi connectivity index (χ4v) is 3.62. The van der Waals surface area contributed by atoms with Crippen LogP contribution < -0.4 is 21.3 Å². The number of hydrogen-bond acceptors (Lipinski definition) is 6. The van der Waals surface area contributed by atoms with Crippen molar-refractivity contribution in [2.75, 3.05) is 30.3 Å². The van der Waals surface area contributed by atoms with Crippen LogP contribution in [0.1, 0.15) is 22.3 Å².